The molecule has 1 aliphatic rings. The van der Waals surface area contributed by atoms with Gasteiger partial charge in [-0.3, -0.25) is 9.59 Å². The zero-order valence-corrected chi connectivity index (χ0v) is 11.7. The predicted molar refractivity (Wildman–Crippen MR) is 70.9 cm³/mol. The van der Waals surface area contributed by atoms with Gasteiger partial charge in [-0.05, 0) is 33.6 Å². The Balaban J connectivity index is 2.60. The van der Waals surface area contributed by atoms with E-state index in [0.717, 1.165) is 19.3 Å². The molecule has 1 fully saturated rings. The maximum absolute atomic E-state index is 12.4. The van der Waals surface area contributed by atoms with Crippen molar-refractivity contribution >= 4 is 11.8 Å². The summed E-state index contributed by atoms with van der Waals surface area (Å²) >= 11 is 0. The minimum absolute atomic E-state index is 0.0395. The molecule has 2 amide bonds. The molecule has 5 heteroatoms. The molecule has 0 saturated heterocycles. The highest BCUT2D eigenvalue weighted by Crippen LogP contribution is 2.41. The molecule has 0 spiro atoms. The first-order chi connectivity index (χ1) is 8.45. The number of nitrogens with zero attached hydrogens (tertiary/aromatic N) is 1. The van der Waals surface area contributed by atoms with Gasteiger partial charge in [0.2, 0.25) is 11.8 Å². The van der Waals surface area contributed by atoms with Crippen LogP contribution in [0.25, 0.3) is 0 Å². The van der Waals surface area contributed by atoms with Crippen LogP contribution >= 0.6 is 0 Å². The van der Waals surface area contributed by atoms with Crippen molar-refractivity contribution in [1.82, 2.24) is 10.2 Å². The Hall–Kier alpha value is -1.10. The van der Waals surface area contributed by atoms with Gasteiger partial charge in [-0.1, -0.05) is 6.42 Å². The third kappa shape index (κ3) is 3.22. The van der Waals surface area contributed by atoms with E-state index in [1.807, 2.05) is 20.8 Å². The summed E-state index contributed by atoms with van der Waals surface area (Å²) in [5.74, 6) is -0.0654. The number of likely N-dealkylation sites (N-methyl/N-ethyl adjacent to an activating group) is 1. The van der Waals surface area contributed by atoms with Crippen LogP contribution in [0.2, 0.25) is 0 Å². The largest absolute Gasteiger partial charge is 0.352 e. The van der Waals surface area contributed by atoms with Crippen molar-refractivity contribution in [2.24, 2.45) is 11.1 Å². The van der Waals surface area contributed by atoms with Gasteiger partial charge >= 0.3 is 0 Å². The molecule has 5 nitrogen and oxygen atoms in total. The lowest BCUT2D eigenvalue weighted by atomic mass is 9.68. The lowest BCUT2D eigenvalue weighted by molar-refractivity contribution is -0.149. The van der Waals surface area contributed by atoms with Crippen molar-refractivity contribution in [3.05, 3.63) is 0 Å². The summed E-state index contributed by atoms with van der Waals surface area (Å²) in [4.78, 5) is 25.7. The summed E-state index contributed by atoms with van der Waals surface area (Å²) < 4.78 is 0. The van der Waals surface area contributed by atoms with E-state index in [0.29, 0.717) is 13.1 Å². The van der Waals surface area contributed by atoms with Crippen LogP contribution in [-0.2, 0) is 9.59 Å². The number of carbonyl (C=O) groups is 2. The van der Waals surface area contributed by atoms with Crippen LogP contribution in [0.5, 0.6) is 0 Å². The van der Waals surface area contributed by atoms with Crippen LogP contribution in [0, 0.1) is 5.41 Å². The van der Waals surface area contributed by atoms with Crippen LogP contribution in [-0.4, -0.2) is 42.4 Å². The molecule has 0 aromatic carbocycles. The number of amides is 2. The third-order valence-electron chi connectivity index (χ3n) is 3.61. The van der Waals surface area contributed by atoms with Gasteiger partial charge in [0.15, 0.2) is 0 Å². The summed E-state index contributed by atoms with van der Waals surface area (Å²) in [6.45, 7) is 6.77. The smallest absolute Gasteiger partial charge is 0.239 e. The molecule has 0 radical (unpaired) electrons. The Morgan fingerprint density at radius 1 is 1.39 bits per heavy atom. The van der Waals surface area contributed by atoms with Crippen LogP contribution in [0.3, 0.4) is 0 Å². The normalized spacial score (nSPS) is 17.2. The monoisotopic (exact) mass is 255 g/mol. The molecule has 0 aromatic heterocycles. The molecular formula is C13H25N3O2. The summed E-state index contributed by atoms with van der Waals surface area (Å²) in [7, 11) is 0. The molecule has 104 valence electrons. The minimum atomic E-state index is -0.395. The van der Waals surface area contributed by atoms with Crippen LogP contribution in [0.1, 0.15) is 40.0 Å². The maximum Gasteiger partial charge on any atom is 0.239 e. The molecule has 3 N–H and O–H groups in total. The Morgan fingerprint density at radius 3 is 2.33 bits per heavy atom. The molecule has 1 aliphatic carbocycles. The van der Waals surface area contributed by atoms with Crippen molar-refractivity contribution in [3.8, 4) is 0 Å². The Kier molecular flexibility index (Phi) is 5.14. The van der Waals surface area contributed by atoms with Crippen LogP contribution < -0.4 is 11.1 Å². The van der Waals surface area contributed by atoms with Gasteiger partial charge in [-0.25, -0.2) is 0 Å². The topological polar surface area (TPSA) is 75.4 Å². The van der Waals surface area contributed by atoms with Crippen molar-refractivity contribution < 1.29 is 9.59 Å². The van der Waals surface area contributed by atoms with Gasteiger partial charge in [-0.15, -0.1) is 0 Å². The fraction of sp³-hybridized carbons (Fsp3) is 0.846. The number of carbonyl (C=O) groups excluding carboxylic acids is 2. The first kappa shape index (κ1) is 15.0. The highest BCUT2D eigenvalue weighted by Gasteiger charge is 2.45. The highest BCUT2D eigenvalue weighted by atomic mass is 16.2. The maximum atomic E-state index is 12.4. The second-order valence-corrected chi connectivity index (χ2v) is 5.38. The Morgan fingerprint density at radius 2 is 2.00 bits per heavy atom. The quantitative estimate of drug-likeness (QED) is 0.725. The summed E-state index contributed by atoms with van der Waals surface area (Å²) in [6, 6.07) is 0.0958. The van der Waals surface area contributed by atoms with E-state index in [-0.39, 0.29) is 24.4 Å². The fourth-order valence-electron chi connectivity index (χ4n) is 2.31. The molecule has 1 saturated carbocycles. The van der Waals surface area contributed by atoms with E-state index in [1.54, 1.807) is 4.90 Å². The summed E-state index contributed by atoms with van der Waals surface area (Å²) in [5.41, 5.74) is 5.33. The third-order valence-corrected chi connectivity index (χ3v) is 3.61. The van der Waals surface area contributed by atoms with Gasteiger partial charge in [0.05, 0.1) is 12.0 Å². The SMILES string of the molecule is CCN(CC(=O)NC(C)C)C(=O)C1(CN)CCC1. The van der Waals surface area contributed by atoms with E-state index in [4.69, 9.17) is 5.73 Å². The van der Waals surface area contributed by atoms with Crippen molar-refractivity contribution in [1.29, 1.82) is 0 Å². The van der Waals surface area contributed by atoms with Gasteiger partial charge in [0.25, 0.3) is 0 Å². The zero-order valence-electron chi connectivity index (χ0n) is 11.7. The van der Waals surface area contributed by atoms with Gasteiger partial charge in [0, 0.05) is 19.1 Å². The number of nitrogens with two attached hydrogens (primary N) is 1. The molecule has 18 heavy (non-hydrogen) atoms. The van der Waals surface area contributed by atoms with Gasteiger partial charge in [-0.2, -0.15) is 0 Å². The standard InChI is InChI=1S/C13H25N3O2/c1-4-16(8-11(17)15-10(2)3)12(18)13(9-14)6-5-7-13/h10H,4-9,14H2,1-3H3,(H,15,17). The summed E-state index contributed by atoms with van der Waals surface area (Å²) in [6.07, 6.45) is 2.76. The number of hydrogen-bond acceptors (Lipinski definition) is 3. The molecule has 0 bridgehead atoms. The Labute approximate surface area is 109 Å². The van der Waals surface area contributed by atoms with Gasteiger partial charge < -0.3 is 16.0 Å². The van der Waals surface area contributed by atoms with E-state index in [9.17, 15) is 9.59 Å². The summed E-state index contributed by atoms with van der Waals surface area (Å²) in [5, 5.41) is 2.80. The second-order valence-electron chi connectivity index (χ2n) is 5.38. The molecule has 0 aromatic rings. The van der Waals surface area contributed by atoms with Crippen LogP contribution in [0.15, 0.2) is 0 Å². The minimum Gasteiger partial charge on any atom is -0.352 e. The average Bonchev–Trinajstić information content (AvgIpc) is 2.23. The van der Waals surface area contributed by atoms with Crippen LogP contribution in [0.4, 0.5) is 0 Å². The van der Waals surface area contributed by atoms with Gasteiger partial charge in [0.1, 0.15) is 0 Å². The molecule has 1 rings (SSSR count). The average molecular weight is 255 g/mol. The van der Waals surface area contributed by atoms with E-state index in [1.165, 1.54) is 0 Å². The first-order valence-electron chi connectivity index (χ1n) is 6.74. The fourth-order valence-corrected chi connectivity index (χ4v) is 2.31. The molecule has 0 unspecified atom stereocenters. The second kappa shape index (κ2) is 6.18. The molecule has 0 aliphatic heterocycles. The van der Waals surface area contributed by atoms with Crippen molar-refractivity contribution in [2.45, 2.75) is 46.1 Å². The lowest BCUT2D eigenvalue weighted by Gasteiger charge is -2.42. The molecular weight excluding hydrogens is 230 g/mol. The van der Waals surface area contributed by atoms with Crippen molar-refractivity contribution in [2.75, 3.05) is 19.6 Å². The lowest BCUT2D eigenvalue weighted by Crippen LogP contribution is -2.54. The van der Waals surface area contributed by atoms with E-state index >= 15 is 0 Å². The zero-order chi connectivity index (χ0) is 13.8. The molecule has 0 atom stereocenters. The Bertz CT molecular complexity index is 306. The van der Waals surface area contributed by atoms with E-state index < -0.39 is 5.41 Å². The van der Waals surface area contributed by atoms with E-state index in [2.05, 4.69) is 5.32 Å². The molecule has 0 heterocycles. The van der Waals surface area contributed by atoms with Crippen molar-refractivity contribution in [3.63, 3.8) is 0 Å². The predicted octanol–water partition coefficient (Wildman–Crippen LogP) is 0.489. The number of nitrogens with one attached hydrogen (secondary N) is 1. The number of rotatable bonds is 6. The first-order valence-corrected chi connectivity index (χ1v) is 6.74. The number of hydrogen-bond donors (Lipinski definition) is 2. The highest BCUT2D eigenvalue weighted by molar-refractivity contribution is 5.88.